The molecule has 1 saturated heterocycles. The van der Waals surface area contributed by atoms with Gasteiger partial charge < -0.3 is 24.7 Å². The molecular weight excluding hydrogens is 539 g/mol. The van der Waals surface area contributed by atoms with E-state index >= 15 is 0 Å². The molecule has 0 spiro atoms. The van der Waals surface area contributed by atoms with Gasteiger partial charge in [0, 0.05) is 0 Å². The Kier molecular flexibility index (Phi) is 7.57. The Morgan fingerprint density at radius 3 is 2.77 bits per heavy atom. The first-order chi connectivity index (χ1) is 20.7. The molecule has 2 aromatic carbocycles. The molecule has 228 valence electrons. The summed E-state index contributed by atoms with van der Waals surface area (Å²) in [7, 11) is 1.17. The van der Waals surface area contributed by atoms with E-state index in [1.54, 1.807) is 7.11 Å². The van der Waals surface area contributed by atoms with Crippen molar-refractivity contribution in [2.24, 2.45) is 29.6 Å². The van der Waals surface area contributed by atoms with Gasteiger partial charge in [0.05, 0.1) is 43.1 Å². The number of hydrogen-bond acceptors (Lipinski definition) is 5. The van der Waals surface area contributed by atoms with Gasteiger partial charge in [-0.1, -0.05) is 50.2 Å². The number of fused-ring (bicyclic) bond motifs is 4. The fraction of sp³-hybridized carbons (Fsp3) is 0.600. The van der Waals surface area contributed by atoms with E-state index < -0.39 is 13.2 Å². The highest BCUT2D eigenvalue weighted by Crippen LogP contribution is 2.75. The zero-order valence-electron chi connectivity index (χ0n) is 25.9. The number of rotatable bonds is 10. The Hall–Kier alpha value is -2.84. The van der Waals surface area contributed by atoms with Crippen molar-refractivity contribution in [2.75, 3.05) is 7.11 Å². The number of carbonyl (C=O) groups excluding carboxylic acids is 2. The molecule has 7 nitrogen and oxygen atoms in total. The van der Waals surface area contributed by atoms with Crippen LogP contribution < -0.4 is 15.4 Å². The first-order valence-electron chi connectivity index (χ1n) is 16.4. The van der Waals surface area contributed by atoms with Gasteiger partial charge in [-0.2, -0.15) is 0 Å². The van der Waals surface area contributed by atoms with E-state index in [2.05, 4.69) is 43.5 Å². The van der Waals surface area contributed by atoms with Crippen LogP contribution in [0.15, 0.2) is 48.5 Å². The van der Waals surface area contributed by atoms with Crippen LogP contribution in [0, 0.1) is 29.6 Å². The SMILES string of the molecule is COc1cccc(C(CC(=O)N[C@@H](CC(C)C)B2O[C@@H]3CC4CC5C4C5[C@]3(C)O2)NC(=O)[C@H]2CCCc3ccccc32)c1. The summed E-state index contributed by atoms with van der Waals surface area (Å²) in [5.41, 5.74) is 2.93. The fourth-order valence-corrected chi connectivity index (χ4v) is 9.01. The van der Waals surface area contributed by atoms with Crippen LogP contribution in [0.2, 0.25) is 0 Å². The number of benzene rings is 2. The third-order valence-corrected chi connectivity index (χ3v) is 11.1. The first-order valence-corrected chi connectivity index (χ1v) is 16.4. The van der Waals surface area contributed by atoms with E-state index in [1.807, 2.05) is 36.4 Å². The lowest BCUT2D eigenvalue weighted by atomic mass is 9.73. The summed E-state index contributed by atoms with van der Waals surface area (Å²) in [4.78, 5) is 27.6. The summed E-state index contributed by atoms with van der Waals surface area (Å²) in [6.45, 7) is 6.56. The molecule has 0 radical (unpaired) electrons. The highest BCUT2D eigenvalue weighted by atomic mass is 16.7. The average molecular weight is 585 g/mol. The Labute approximate surface area is 256 Å². The van der Waals surface area contributed by atoms with Gasteiger partial charge in [0.25, 0.3) is 0 Å². The molecular formula is C35H45BN2O5. The molecule has 1 aliphatic heterocycles. The van der Waals surface area contributed by atoms with Crippen LogP contribution in [0.25, 0.3) is 0 Å². The second-order valence-corrected chi connectivity index (χ2v) is 14.3. The van der Waals surface area contributed by atoms with Crippen LogP contribution in [0.3, 0.4) is 0 Å². The van der Waals surface area contributed by atoms with Crippen molar-refractivity contribution in [3.05, 3.63) is 65.2 Å². The van der Waals surface area contributed by atoms with E-state index in [9.17, 15) is 9.59 Å². The molecule has 7 rings (SSSR count). The van der Waals surface area contributed by atoms with Gasteiger partial charge in [0.15, 0.2) is 0 Å². The van der Waals surface area contributed by atoms with Crippen LogP contribution in [0.5, 0.6) is 5.75 Å². The van der Waals surface area contributed by atoms with E-state index in [0.29, 0.717) is 17.6 Å². The summed E-state index contributed by atoms with van der Waals surface area (Å²) in [6.07, 6.45) is 6.14. The monoisotopic (exact) mass is 584 g/mol. The van der Waals surface area contributed by atoms with Gasteiger partial charge in [-0.25, -0.2) is 0 Å². The summed E-state index contributed by atoms with van der Waals surface area (Å²) in [5, 5.41) is 6.55. The maximum absolute atomic E-state index is 13.8. The van der Waals surface area contributed by atoms with Gasteiger partial charge in [0.1, 0.15) is 5.75 Å². The molecule has 5 unspecified atom stereocenters. The normalized spacial score (nSPS) is 32.9. The quantitative estimate of drug-likeness (QED) is 0.367. The van der Waals surface area contributed by atoms with Crippen molar-refractivity contribution in [2.45, 2.75) is 95.3 Å². The molecule has 0 aromatic heterocycles. The van der Waals surface area contributed by atoms with Crippen molar-refractivity contribution >= 4 is 18.9 Å². The summed E-state index contributed by atoms with van der Waals surface area (Å²) < 4.78 is 18.8. The smallest absolute Gasteiger partial charge is 0.481 e. The molecule has 1 heterocycles. The Balaban J connectivity index is 1.08. The topological polar surface area (TPSA) is 85.9 Å². The third kappa shape index (κ3) is 5.29. The summed E-state index contributed by atoms with van der Waals surface area (Å²) >= 11 is 0. The van der Waals surface area contributed by atoms with Crippen LogP contribution in [0.1, 0.15) is 87.9 Å². The van der Waals surface area contributed by atoms with Crippen molar-refractivity contribution in [1.82, 2.24) is 10.6 Å². The second-order valence-electron chi connectivity index (χ2n) is 14.3. The molecule has 2 aromatic rings. The molecule has 4 aliphatic carbocycles. The van der Waals surface area contributed by atoms with Gasteiger partial charge in [0.2, 0.25) is 11.8 Å². The summed E-state index contributed by atoms with van der Waals surface area (Å²) in [6, 6.07) is 15.4. The van der Waals surface area contributed by atoms with E-state index in [1.165, 1.54) is 12.0 Å². The van der Waals surface area contributed by atoms with Gasteiger partial charge in [-0.15, -0.1) is 0 Å². The fourth-order valence-electron chi connectivity index (χ4n) is 9.01. The Bertz CT molecular complexity index is 1380. The molecule has 8 heteroatoms. The van der Waals surface area contributed by atoms with E-state index in [-0.39, 0.29) is 41.8 Å². The number of nitrogens with one attached hydrogen (secondary N) is 2. The predicted octanol–water partition coefficient (Wildman–Crippen LogP) is 5.38. The zero-order chi connectivity index (χ0) is 29.9. The summed E-state index contributed by atoms with van der Waals surface area (Å²) in [5.74, 6) is 3.44. The zero-order valence-corrected chi connectivity index (χ0v) is 25.9. The van der Waals surface area contributed by atoms with E-state index in [4.69, 9.17) is 14.0 Å². The average Bonchev–Trinajstić information content (AvgIpc) is 3.52. The van der Waals surface area contributed by atoms with Crippen LogP contribution in [0.4, 0.5) is 0 Å². The number of amides is 2. The van der Waals surface area contributed by atoms with Gasteiger partial charge >= 0.3 is 7.12 Å². The van der Waals surface area contributed by atoms with Gasteiger partial charge in [-0.05, 0) is 104 Å². The van der Waals surface area contributed by atoms with Crippen LogP contribution in [-0.4, -0.2) is 43.7 Å². The van der Waals surface area contributed by atoms with E-state index in [0.717, 1.165) is 61.0 Å². The molecule has 4 fully saturated rings. The molecule has 3 saturated carbocycles. The molecule has 43 heavy (non-hydrogen) atoms. The lowest BCUT2D eigenvalue weighted by Crippen LogP contribution is -2.50. The first kappa shape index (κ1) is 28.9. The lowest BCUT2D eigenvalue weighted by Gasteiger charge is -2.37. The minimum Gasteiger partial charge on any atom is -0.497 e. The maximum atomic E-state index is 13.8. The molecule has 2 N–H and O–H groups in total. The second kappa shape index (κ2) is 11.3. The van der Waals surface area contributed by atoms with Crippen molar-refractivity contribution in [3.8, 4) is 5.75 Å². The van der Waals surface area contributed by atoms with Gasteiger partial charge in [-0.3, -0.25) is 9.59 Å². The predicted molar refractivity (Wildman–Crippen MR) is 165 cm³/mol. The van der Waals surface area contributed by atoms with Crippen LogP contribution >= 0.6 is 0 Å². The lowest BCUT2D eigenvalue weighted by molar-refractivity contribution is -0.125. The number of hydrogen-bond donors (Lipinski definition) is 2. The maximum Gasteiger partial charge on any atom is 0.481 e. The number of carbonyl (C=O) groups is 2. The Morgan fingerprint density at radius 1 is 1.12 bits per heavy atom. The third-order valence-electron chi connectivity index (χ3n) is 11.1. The molecule has 0 bridgehead atoms. The highest BCUT2D eigenvalue weighted by Gasteiger charge is 2.76. The minimum absolute atomic E-state index is 0.0384. The minimum atomic E-state index is -0.499. The number of ether oxygens (including phenoxy) is 1. The molecule has 9 atom stereocenters. The largest absolute Gasteiger partial charge is 0.497 e. The Morgan fingerprint density at radius 2 is 1.95 bits per heavy atom. The van der Waals surface area contributed by atoms with Crippen LogP contribution in [-0.2, 0) is 25.3 Å². The standard InChI is InChI=1S/C35H45BN2O5/c1-20(2)15-30(36-42-29-18-23-17-27-32(23)33(27)35(29,3)43-36)38-31(39)19-28(22-11-7-12-24(16-22)41-4)37-34(40)26-14-8-10-21-9-5-6-13-25(21)26/h5-7,9,11-13,16,20,23,26-30,32-33H,8,10,14-15,17-19H2,1-4H3,(H,37,40)(H,38,39)/t23?,26-,27?,28?,29+,30-,32?,33?,35+/m0/s1. The molecule has 5 aliphatic rings. The molecule has 2 amide bonds. The van der Waals surface area contributed by atoms with Crippen molar-refractivity contribution in [3.63, 3.8) is 0 Å². The van der Waals surface area contributed by atoms with Crippen molar-refractivity contribution < 1.29 is 23.6 Å². The number of aryl methyl sites for hydroxylation is 1. The number of methoxy groups -OCH3 is 1. The van der Waals surface area contributed by atoms with Crippen molar-refractivity contribution in [1.29, 1.82) is 0 Å². The highest BCUT2D eigenvalue weighted by molar-refractivity contribution is 6.47.